The first-order valence-corrected chi connectivity index (χ1v) is 22.0. The van der Waals surface area contributed by atoms with Crippen LogP contribution in [0, 0.1) is 17.2 Å². The number of ether oxygens (including phenoxy) is 3. The zero-order valence-electron chi connectivity index (χ0n) is 33.8. The van der Waals surface area contributed by atoms with E-state index >= 15 is 0 Å². The Bertz CT molecular complexity index is 1780. The summed E-state index contributed by atoms with van der Waals surface area (Å²) < 4.78 is 45.1. The number of nitriles is 1. The second-order valence-electron chi connectivity index (χ2n) is 14.7. The molecule has 0 aliphatic carbocycles. The van der Waals surface area contributed by atoms with Gasteiger partial charge in [0.25, 0.3) is 0 Å². The largest absolute Gasteiger partial charge is 0.464 e. The van der Waals surface area contributed by atoms with Crippen LogP contribution in [0.25, 0.3) is 5.52 Å². The van der Waals surface area contributed by atoms with Crippen LogP contribution in [-0.4, -0.2) is 69.2 Å². The minimum atomic E-state index is -4.42. The van der Waals surface area contributed by atoms with Crippen molar-refractivity contribution in [1.82, 2.24) is 19.7 Å². The van der Waals surface area contributed by atoms with Gasteiger partial charge in [0.1, 0.15) is 41.9 Å². The van der Waals surface area contributed by atoms with Crippen LogP contribution >= 0.6 is 7.75 Å². The molecule has 4 N–H and O–H groups in total. The fourth-order valence-corrected chi connectivity index (χ4v) is 8.34. The summed E-state index contributed by atoms with van der Waals surface area (Å²) in [6, 6.07) is 12.3. The zero-order valence-corrected chi connectivity index (χ0v) is 34.7. The first-order valence-electron chi connectivity index (χ1n) is 20.5. The molecule has 1 aliphatic rings. The number of nitrogens with zero attached hydrogens (tertiary/aromatic N) is 4. The van der Waals surface area contributed by atoms with Crippen molar-refractivity contribution in [1.29, 1.82) is 5.26 Å². The van der Waals surface area contributed by atoms with E-state index in [2.05, 4.69) is 28.2 Å². The van der Waals surface area contributed by atoms with E-state index in [4.69, 9.17) is 29.0 Å². The molecule has 16 heteroatoms. The highest BCUT2D eigenvalue weighted by molar-refractivity contribution is 7.52. The maximum atomic E-state index is 14.4. The van der Waals surface area contributed by atoms with Crippen LogP contribution in [0.4, 0.5) is 5.82 Å². The predicted molar refractivity (Wildman–Crippen MR) is 215 cm³/mol. The van der Waals surface area contributed by atoms with Crippen molar-refractivity contribution in [3.8, 4) is 11.8 Å². The number of unbranched alkanes of at least 4 members (excludes halogenated alkanes) is 10. The van der Waals surface area contributed by atoms with Gasteiger partial charge in [-0.15, -0.1) is 0 Å². The van der Waals surface area contributed by atoms with Gasteiger partial charge in [0.2, 0.25) is 5.60 Å². The molecular weight excluding hydrogens is 751 g/mol. The smallest absolute Gasteiger partial charge is 0.459 e. The highest BCUT2D eigenvalue weighted by Gasteiger charge is 2.60. The quantitative estimate of drug-likeness (QED) is 0.0406. The maximum Gasteiger partial charge on any atom is 0.459 e. The number of aliphatic hydroxyl groups excluding tert-OH is 1. The Morgan fingerprint density at radius 1 is 1.02 bits per heavy atom. The van der Waals surface area contributed by atoms with Gasteiger partial charge in [-0.05, 0) is 43.5 Å². The number of fused-ring (bicyclic) bond motifs is 1. The van der Waals surface area contributed by atoms with E-state index in [1.165, 1.54) is 62.4 Å². The molecule has 3 aromatic rings. The Balaban J connectivity index is 1.50. The monoisotopic (exact) mass is 812 g/mol. The van der Waals surface area contributed by atoms with E-state index in [0.29, 0.717) is 11.9 Å². The Morgan fingerprint density at radius 3 is 2.30 bits per heavy atom. The number of anilines is 1. The van der Waals surface area contributed by atoms with E-state index in [0.717, 1.165) is 38.5 Å². The van der Waals surface area contributed by atoms with Gasteiger partial charge in [0, 0.05) is 6.42 Å². The number of nitrogens with two attached hydrogens (primary N) is 1. The Morgan fingerprint density at radius 2 is 1.67 bits per heavy atom. The van der Waals surface area contributed by atoms with Crippen LogP contribution in [0.3, 0.4) is 0 Å². The van der Waals surface area contributed by atoms with E-state index in [1.807, 2.05) is 13.8 Å². The molecular formula is C41H61N6O9P. The van der Waals surface area contributed by atoms with Crippen molar-refractivity contribution in [3.05, 3.63) is 54.5 Å². The number of hydrogen-bond donors (Lipinski definition) is 3. The minimum absolute atomic E-state index is 0.0822. The number of nitrogen functional groups attached to an aromatic ring is 1. The van der Waals surface area contributed by atoms with Gasteiger partial charge in [-0.3, -0.25) is 14.1 Å². The molecule has 1 saturated heterocycles. The molecule has 0 spiro atoms. The number of rotatable bonds is 26. The fourth-order valence-electron chi connectivity index (χ4n) is 6.84. The van der Waals surface area contributed by atoms with Crippen molar-refractivity contribution < 1.29 is 42.5 Å². The highest BCUT2D eigenvalue weighted by Crippen LogP contribution is 2.48. The summed E-state index contributed by atoms with van der Waals surface area (Å²) in [7, 11) is -4.42. The lowest BCUT2D eigenvalue weighted by molar-refractivity contribution is -0.156. The predicted octanol–water partition coefficient (Wildman–Crippen LogP) is 7.56. The van der Waals surface area contributed by atoms with Crippen molar-refractivity contribution >= 4 is 31.0 Å². The third-order valence-corrected chi connectivity index (χ3v) is 12.1. The highest BCUT2D eigenvalue weighted by atomic mass is 31.2. The summed E-state index contributed by atoms with van der Waals surface area (Å²) in [4.78, 5) is 30.3. The van der Waals surface area contributed by atoms with Crippen molar-refractivity contribution in [3.63, 3.8) is 0 Å². The van der Waals surface area contributed by atoms with E-state index in [1.54, 1.807) is 36.4 Å². The third kappa shape index (κ3) is 12.7. The number of carbonyl (C=O) groups excluding carboxylic acids is 2. The zero-order chi connectivity index (χ0) is 41.3. The molecule has 6 atom stereocenters. The number of benzene rings is 1. The Kier molecular flexibility index (Phi) is 18.2. The van der Waals surface area contributed by atoms with Gasteiger partial charge >= 0.3 is 19.7 Å². The molecule has 4 rings (SSSR count). The molecule has 0 amide bonds. The second-order valence-corrected chi connectivity index (χ2v) is 16.4. The molecule has 0 unspecified atom stereocenters. The summed E-state index contributed by atoms with van der Waals surface area (Å²) in [6.07, 6.45) is 10.6. The number of para-hydroxylation sites is 1. The van der Waals surface area contributed by atoms with Gasteiger partial charge in [-0.1, -0.05) is 116 Å². The van der Waals surface area contributed by atoms with E-state index < -0.39 is 56.2 Å². The number of aliphatic hydroxyl groups is 1. The number of aromatic nitrogens is 3. The molecule has 0 radical (unpaired) electrons. The first kappa shape index (κ1) is 45.6. The SMILES string of the molecule is CCCCCCCCCCCCCC(=O)O[C@H]1[C@@H](O)[C@](C#N)(c2ccc3c(N)ncnn23)O[C@@H]1CO[P@@](=O)(N[C@H](C)C(=O)OCC(CC)CC)Oc1ccccc1. The number of esters is 2. The van der Waals surface area contributed by atoms with Gasteiger partial charge < -0.3 is 29.6 Å². The molecule has 1 fully saturated rings. The third-order valence-electron chi connectivity index (χ3n) is 10.4. The van der Waals surface area contributed by atoms with Crippen LogP contribution in [0.5, 0.6) is 5.75 Å². The summed E-state index contributed by atoms with van der Waals surface area (Å²) >= 11 is 0. The Hall–Kier alpha value is -4.06. The van der Waals surface area contributed by atoms with E-state index in [-0.39, 0.29) is 36.2 Å². The van der Waals surface area contributed by atoms with E-state index in [9.17, 15) is 24.5 Å². The summed E-state index contributed by atoms with van der Waals surface area (Å²) in [5, 5.41) is 29.4. The molecule has 1 aromatic carbocycles. The average molecular weight is 813 g/mol. The lowest BCUT2D eigenvalue weighted by atomic mass is 9.92. The fraction of sp³-hybridized carbons (Fsp3) is 0.634. The molecule has 3 heterocycles. The standard InChI is InChI=1S/C41H61N6O9P/c1-5-8-9-10-11-12-13-14-15-16-20-23-36(48)54-37-34(55-41(28-42,38(37)49)35-25-24-33-39(43)44-29-45-47(33)35)27-53-57(51,56-32-21-18-17-19-22-32)46-30(4)40(50)52-26-31(6-2)7-3/h17-19,21-22,24-25,29-31,34,37-38,49H,5-16,20,23,26-27H2,1-4H3,(H,46,51)(H2,43,44,45)/t30-,34-,37-,38-,41+,57+/m1/s1. The van der Waals surface area contributed by atoms with Crippen molar-refractivity contribution in [2.45, 2.75) is 148 Å². The lowest BCUT2D eigenvalue weighted by Crippen LogP contribution is -2.43. The normalized spacial score (nSPS) is 20.9. The van der Waals surface area contributed by atoms with Crippen LogP contribution in [0.15, 0.2) is 48.8 Å². The molecule has 57 heavy (non-hydrogen) atoms. The number of carbonyl (C=O) groups is 2. The molecule has 2 aromatic heterocycles. The van der Waals surface area contributed by atoms with Crippen LogP contribution < -0.4 is 15.3 Å². The lowest BCUT2D eigenvalue weighted by Gasteiger charge is -2.26. The molecule has 0 saturated carbocycles. The van der Waals surface area contributed by atoms with Gasteiger partial charge in [-0.25, -0.2) is 14.1 Å². The Labute approximate surface area is 336 Å². The molecule has 0 bridgehead atoms. The molecule has 1 aliphatic heterocycles. The van der Waals surface area contributed by atoms with Crippen molar-refractivity contribution in [2.75, 3.05) is 18.9 Å². The summed E-state index contributed by atoms with van der Waals surface area (Å²) in [6.45, 7) is 7.31. The van der Waals surface area contributed by atoms with Gasteiger partial charge in [0.15, 0.2) is 11.9 Å². The molecule has 15 nitrogen and oxygen atoms in total. The topological polar surface area (TPSA) is 210 Å². The summed E-state index contributed by atoms with van der Waals surface area (Å²) in [5.74, 6) is -0.777. The van der Waals surface area contributed by atoms with Crippen LogP contribution in [-0.2, 0) is 38.5 Å². The van der Waals surface area contributed by atoms with Gasteiger partial charge in [-0.2, -0.15) is 15.4 Å². The first-order chi connectivity index (χ1) is 27.5. The summed E-state index contributed by atoms with van der Waals surface area (Å²) in [5.41, 5.74) is 4.39. The molecule has 314 valence electrons. The van der Waals surface area contributed by atoms with Crippen molar-refractivity contribution in [2.24, 2.45) is 5.92 Å². The minimum Gasteiger partial charge on any atom is -0.464 e. The van der Waals surface area contributed by atoms with Gasteiger partial charge in [0.05, 0.1) is 18.9 Å². The second kappa shape index (κ2) is 22.8. The average Bonchev–Trinajstić information content (AvgIpc) is 3.76. The van der Waals surface area contributed by atoms with Crippen LogP contribution in [0.2, 0.25) is 0 Å². The van der Waals surface area contributed by atoms with Crippen LogP contribution in [0.1, 0.15) is 123 Å². The number of nitrogens with one attached hydrogen (secondary N) is 1. The number of hydrogen-bond acceptors (Lipinski definition) is 13. The maximum absolute atomic E-state index is 14.4.